The van der Waals surface area contributed by atoms with Gasteiger partial charge in [-0.25, -0.2) is 16.8 Å². The van der Waals surface area contributed by atoms with Crippen LogP contribution in [0.3, 0.4) is 0 Å². The number of nitrogens with zero attached hydrogens (tertiary/aromatic N) is 2. The van der Waals surface area contributed by atoms with E-state index >= 15 is 0 Å². The van der Waals surface area contributed by atoms with Crippen molar-refractivity contribution in [2.45, 2.75) is 40.0 Å². The quantitative estimate of drug-likeness (QED) is 0.166. The third kappa shape index (κ3) is 7.40. The molecule has 0 aliphatic carbocycles. The molecular formula is C40H34N2O7S2. The van der Waals surface area contributed by atoms with Crippen LogP contribution in [0.5, 0.6) is 17.2 Å². The molecule has 0 saturated carbocycles. The first-order valence-electron chi connectivity index (χ1n) is 15.8. The average Bonchev–Trinajstić information content (AvgIpc) is 3.15. The summed E-state index contributed by atoms with van der Waals surface area (Å²) in [6.07, 6.45) is 3.15. The maximum absolute atomic E-state index is 13.2. The summed E-state index contributed by atoms with van der Waals surface area (Å²) < 4.78 is 63.1. The summed E-state index contributed by atoms with van der Waals surface area (Å²) in [4.78, 5) is 9.28. The number of pyridine rings is 2. The highest BCUT2D eigenvalue weighted by molar-refractivity contribution is 7.92. The Morgan fingerprint density at radius 2 is 1.08 bits per heavy atom. The van der Waals surface area contributed by atoms with E-state index in [9.17, 15) is 21.9 Å². The van der Waals surface area contributed by atoms with Gasteiger partial charge in [0, 0.05) is 23.2 Å². The number of hydrogen-bond acceptors (Lipinski definition) is 9. The van der Waals surface area contributed by atoms with E-state index < -0.39 is 19.7 Å². The molecule has 0 fully saturated rings. The van der Waals surface area contributed by atoms with Crippen LogP contribution in [0, 0.1) is 13.8 Å². The Morgan fingerprint density at radius 3 is 1.61 bits per heavy atom. The standard InChI is InChI=1S/C24H21NO4S.C16H13NO3S/c1-17-5-11-20(12-6-17)30(26,27)23-14-13-22(24-21(23)4-3-15-25-24)29-16-18-7-9-19(28-2)10-8-18;1-11-4-6-12(7-5-11)21(19,20)15-9-8-14(18)16-13(15)3-2-10-17-16/h3-15H,16H2,1-2H3;2-10,18H,1H3. The molecule has 0 aliphatic rings. The molecule has 0 aliphatic heterocycles. The highest BCUT2D eigenvalue weighted by atomic mass is 32.2. The maximum atomic E-state index is 13.2. The van der Waals surface area contributed by atoms with Gasteiger partial charge in [-0.05, 0) is 104 Å². The first kappa shape index (κ1) is 35.1. The summed E-state index contributed by atoms with van der Waals surface area (Å²) in [5, 5.41) is 10.8. The van der Waals surface area contributed by atoms with Crippen molar-refractivity contribution in [3.05, 3.63) is 150 Å². The van der Waals surface area contributed by atoms with Gasteiger partial charge in [-0.3, -0.25) is 9.97 Å². The molecular weight excluding hydrogens is 685 g/mol. The zero-order valence-corrected chi connectivity index (χ0v) is 29.6. The topological polar surface area (TPSA) is 133 Å². The second-order valence-corrected chi connectivity index (χ2v) is 15.5. The molecule has 2 aromatic heterocycles. The van der Waals surface area contributed by atoms with Crippen molar-refractivity contribution in [3.63, 3.8) is 0 Å². The number of aryl methyl sites for hydroxylation is 2. The molecule has 0 unspecified atom stereocenters. The van der Waals surface area contributed by atoms with Gasteiger partial charge >= 0.3 is 0 Å². The second-order valence-electron chi connectivity index (χ2n) is 11.7. The third-order valence-corrected chi connectivity index (χ3v) is 11.9. The monoisotopic (exact) mass is 718 g/mol. The summed E-state index contributed by atoms with van der Waals surface area (Å²) in [5.41, 5.74) is 3.76. The Morgan fingerprint density at radius 1 is 0.588 bits per heavy atom. The molecule has 51 heavy (non-hydrogen) atoms. The Labute approximate surface area is 296 Å². The van der Waals surface area contributed by atoms with Gasteiger partial charge in [-0.1, -0.05) is 47.5 Å². The lowest BCUT2D eigenvalue weighted by Crippen LogP contribution is -2.04. The molecule has 5 aromatic carbocycles. The minimum atomic E-state index is -3.68. The number of methoxy groups -OCH3 is 1. The van der Waals surface area contributed by atoms with E-state index in [4.69, 9.17) is 9.47 Å². The lowest BCUT2D eigenvalue weighted by atomic mass is 10.2. The second kappa shape index (κ2) is 14.6. The number of aromatic hydroxyl groups is 1. The lowest BCUT2D eigenvalue weighted by Gasteiger charge is -2.13. The lowest BCUT2D eigenvalue weighted by molar-refractivity contribution is 0.309. The number of hydrogen-bond donors (Lipinski definition) is 1. The summed E-state index contributed by atoms with van der Waals surface area (Å²) in [5.74, 6) is 1.27. The van der Waals surface area contributed by atoms with E-state index in [1.807, 2.05) is 38.1 Å². The molecule has 0 bridgehead atoms. The number of fused-ring (bicyclic) bond motifs is 2. The van der Waals surface area contributed by atoms with Gasteiger partial charge in [0.25, 0.3) is 0 Å². The van der Waals surface area contributed by atoms with Gasteiger partial charge in [0.15, 0.2) is 0 Å². The van der Waals surface area contributed by atoms with Crippen molar-refractivity contribution in [3.8, 4) is 17.2 Å². The molecule has 7 rings (SSSR count). The number of sulfone groups is 2. The van der Waals surface area contributed by atoms with Crippen LogP contribution >= 0.6 is 0 Å². The summed E-state index contributed by atoms with van der Waals surface area (Å²) in [6, 6.07) is 33.9. The van der Waals surface area contributed by atoms with Crippen LogP contribution in [0.15, 0.2) is 153 Å². The first-order chi connectivity index (χ1) is 24.5. The largest absolute Gasteiger partial charge is 0.506 e. The van der Waals surface area contributed by atoms with Gasteiger partial charge in [-0.15, -0.1) is 0 Å². The molecule has 2 heterocycles. The van der Waals surface area contributed by atoms with Crippen molar-refractivity contribution in [2.75, 3.05) is 7.11 Å². The van der Waals surface area contributed by atoms with E-state index in [2.05, 4.69) is 9.97 Å². The fraction of sp³-hybridized carbons (Fsp3) is 0.100. The SMILES string of the molecule is COc1ccc(COc2ccc(S(=O)(=O)c3ccc(C)cc3)c3cccnc23)cc1.Cc1ccc(S(=O)(=O)c2ccc(O)c3ncccc23)cc1. The predicted octanol–water partition coefficient (Wildman–Crippen LogP) is 8.05. The van der Waals surface area contributed by atoms with Gasteiger partial charge in [0.05, 0.1) is 26.7 Å². The number of ether oxygens (including phenoxy) is 2. The fourth-order valence-electron chi connectivity index (χ4n) is 5.41. The van der Waals surface area contributed by atoms with Crippen molar-refractivity contribution in [2.24, 2.45) is 0 Å². The van der Waals surface area contributed by atoms with Crippen LogP contribution < -0.4 is 9.47 Å². The summed E-state index contributed by atoms with van der Waals surface area (Å²) >= 11 is 0. The average molecular weight is 719 g/mol. The number of aromatic nitrogens is 2. The Bertz CT molecular complexity index is 2560. The molecule has 0 spiro atoms. The Hall–Kier alpha value is -5.78. The van der Waals surface area contributed by atoms with Crippen molar-refractivity contribution < 1.29 is 31.4 Å². The van der Waals surface area contributed by atoms with Crippen molar-refractivity contribution >= 4 is 41.5 Å². The zero-order chi connectivity index (χ0) is 36.2. The molecule has 11 heteroatoms. The summed E-state index contributed by atoms with van der Waals surface area (Å²) in [6.45, 7) is 4.15. The van der Waals surface area contributed by atoms with E-state index in [0.717, 1.165) is 22.4 Å². The highest BCUT2D eigenvalue weighted by Gasteiger charge is 2.23. The van der Waals surface area contributed by atoms with Crippen LogP contribution in [0.1, 0.15) is 16.7 Å². The van der Waals surface area contributed by atoms with E-state index in [1.165, 1.54) is 18.3 Å². The highest BCUT2D eigenvalue weighted by Crippen LogP contribution is 2.34. The smallest absolute Gasteiger partial charge is 0.207 e. The number of phenolic OH excluding ortho intramolecular Hbond substituents is 1. The number of phenols is 1. The van der Waals surface area contributed by atoms with E-state index in [-0.39, 0.29) is 30.8 Å². The first-order valence-corrected chi connectivity index (χ1v) is 18.8. The van der Waals surface area contributed by atoms with Crippen molar-refractivity contribution in [1.29, 1.82) is 0 Å². The van der Waals surface area contributed by atoms with Gasteiger partial charge < -0.3 is 14.6 Å². The Balaban J connectivity index is 0.000000187. The fourth-order valence-corrected chi connectivity index (χ4v) is 8.31. The molecule has 0 atom stereocenters. The maximum Gasteiger partial charge on any atom is 0.207 e. The van der Waals surface area contributed by atoms with Gasteiger partial charge in [0.1, 0.15) is 34.9 Å². The normalized spacial score (nSPS) is 11.5. The molecule has 1 N–H and O–H groups in total. The Kier molecular flexibility index (Phi) is 10.0. The molecule has 0 saturated heterocycles. The molecule has 7 aromatic rings. The summed E-state index contributed by atoms with van der Waals surface area (Å²) in [7, 11) is -5.71. The minimum absolute atomic E-state index is 0.0338. The van der Waals surface area contributed by atoms with E-state index in [1.54, 1.807) is 98.2 Å². The van der Waals surface area contributed by atoms with Gasteiger partial charge in [0.2, 0.25) is 19.7 Å². The van der Waals surface area contributed by atoms with Crippen molar-refractivity contribution in [1.82, 2.24) is 9.97 Å². The third-order valence-electron chi connectivity index (χ3n) is 8.20. The number of benzene rings is 5. The van der Waals surface area contributed by atoms with Crippen LogP contribution in [0.2, 0.25) is 0 Å². The van der Waals surface area contributed by atoms with Crippen LogP contribution in [-0.4, -0.2) is 39.0 Å². The molecule has 0 amide bonds. The molecule has 9 nitrogen and oxygen atoms in total. The van der Waals surface area contributed by atoms with E-state index in [0.29, 0.717) is 28.6 Å². The van der Waals surface area contributed by atoms with Crippen LogP contribution in [0.4, 0.5) is 0 Å². The minimum Gasteiger partial charge on any atom is -0.506 e. The molecule has 258 valence electrons. The van der Waals surface area contributed by atoms with Crippen LogP contribution in [0.25, 0.3) is 21.8 Å². The molecule has 0 radical (unpaired) electrons. The predicted molar refractivity (Wildman–Crippen MR) is 196 cm³/mol. The van der Waals surface area contributed by atoms with Crippen LogP contribution in [-0.2, 0) is 26.3 Å². The number of rotatable bonds is 8. The van der Waals surface area contributed by atoms with Gasteiger partial charge in [-0.2, -0.15) is 0 Å². The zero-order valence-electron chi connectivity index (χ0n) is 28.0.